The van der Waals surface area contributed by atoms with Gasteiger partial charge in [0.2, 0.25) is 11.8 Å². The van der Waals surface area contributed by atoms with Crippen molar-refractivity contribution >= 4 is 23.4 Å². The highest BCUT2D eigenvalue weighted by atomic mass is 19.3. The number of likely N-dealkylation sites (N-methyl/N-ethyl adjacent to an activating group) is 1. The van der Waals surface area contributed by atoms with E-state index in [-0.39, 0.29) is 18.4 Å². The third-order valence-electron chi connectivity index (χ3n) is 4.56. The molecule has 1 aliphatic heterocycles. The van der Waals surface area contributed by atoms with E-state index in [1.165, 1.54) is 19.2 Å². The van der Waals surface area contributed by atoms with Crippen molar-refractivity contribution in [3.8, 4) is 5.75 Å². The van der Waals surface area contributed by atoms with Crippen LogP contribution in [0.1, 0.15) is 13.8 Å². The van der Waals surface area contributed by atoms with Gasteiger partial charge < -0.3 is 20.3 Å². The number of alkyl halides is 4. The maximum absolute atomic E-state index is 13.9. The molecule has 1 unspecified atom stereocenters. The molecule has 1 aliphatic rings. The van der Waals surface area contributed by atoms with Crippen molar-refractivity contribution in [3.63, 3.8) is 0 Å². The molecular formula is C18H20F5N3O4. The lowest BCUT2D eigenvalue weighted by Gasteiger charge is -2.24. The van der Waals surface area contributed by atoms with E-state index in [1.807, 2.05) is 0 Å². The van der Waals surface area contributed by atoms with Crippen LogP contribution in [0.4, 0.5) is 27.6 Å². The van der Waals surface area contributed by atoms with Gasteiger partial charge in [0, 0.05) is 14.0 Å². The fraction of sp³-hybridized carbons (Fsp3) is 0.500. The maximum Gasteiger partial charge on any atom is 0.326 e. The lowest BCUT2D eigenvalue weighted by atomic mass is 10.1. The Bertz CT molecular complexity index is 844. The van der Waals surface area contributed by atoms with Crippen molar-refractivity contribution in [2.24, 2.45) is 5.92 Å². The number of amides is 3. The molecule has 3 amide bonds. The standard InChI is InChI=1S/C18H20F5N3O4/c1-9(14(27)24-8-18(22,23)17(2,20)21)15(28)25-11-7-30-13-10(19)5-4-6-12(13)26(3)16(11)29/h4-6,9,11H,7-8H2,1-3H3,(H,24,27)(H,25,28)/t9?,11-/m0/s1. The van der Waals surface area contributed by atoms with Crippen LogP contribution in [0, 0.1) is 11.7 Å². The van der Waals surface area contributed by atoms with E-state index in [2.05, 4.69) is 5.32 Å². The second-order valence-electron chi connectivity index (χ2n) is 6.89. The fourth-order valence-electron chi connectivity index (χ4n) is 2.52. The molecule has 0 fully saturated rings. The maximum atomic E-state index is 13.9. The molecule has 0 aliphatic carbocycles. The number of para-hydroxylation sites is 1. The molecule has 12 heteroatoms. The Morgan fingerprint density at radius 3 is 2.50 bits per heavy atom. The molecule has 0 bridgehead atoms. The molecule has 0 spiro atoms. The zero-order valence-electron chi connectivity index (χ0n) is 16.3. The number of ether oxygens (including phenoxy) is 1. The molecule has 2 atom stereocenters. The van der Waals surface area contributed by atoms with Crippen LogP contribution in [-0.4, -0.2) is 55.8 Å². The summed E-state index contributed by atoms with van der Waals surface area (Å²) in [5.41, 5.74) is 0.130. The highest BCUT2D eigenvalue weighted by molar-refractivity contribution is 6.04. The van der Waals surface area contributed by atoms with Crippen LogP contribution in [0.15, 0.2) is 18.2 Å². The van der Waals surface area contributed by atoms with E-state index in [0.717, 1.165) is 17.9 Å². The zero-order chi connectivity index (χ0) is 22.9. The van der Waals surface area contributed by atoms with Gasteiger partial charge in [-0.1, -0.05) is 6.07 Å². The number of hydrogen-bond acceptors (Lipinski definition) is 4. The first kappa shape index (κ1) is 23.4. The molecule has 166 valence electrons. The summed E-state index contributed by atoms with van der Waals surface area (Å²) in [6.45, 7) is -1.07. The minimum atomic E-state index is -4.51. The lowest BCUT2D eigenvalue weighted by molar-refractivity contribution is -0.194. The van der Waals surface area contributed by atoms with Gasteiger partial charge in [-0.25, -0.2) is 13.2 Å². The average molecular weight is 437 g/mol. The van der Waals surface area contributed by atoms with E-state index in [4.69, 9.17) is 4.74 Å². The summed E-state index contributed by atoms with van der Waals surface area (Å²) in [5.74, 6) is -14.3. The number of carbonyl (C=O) groups is 3. The second kappa shape index (κ2) is 8.44. The molecule has 1 aromatic rings. The summed E-state index contributed by atoms with van der Waals surface area (Å²) in [5, 5.41) is 3.82. The van der Waals surface area contributed by atoms with Crippen LogP contribution in [0.2, 0.25) is 0 Å². The Balaban J connectivity index is 2.02. The number of rotatable bonds is 6. The molecule has 0 saturated heterocycles. The number of anilines is 1. The highest BCUT2D eigenvalue weighted by Crippen LogP contribution is 2.33. The van der Waals surface area contributed by atoms with Gasteiger partial charge >= 0.3 is 11.8 Å². The Labute approximate surface area is 168 Å². The van der Waals surface area contributed by atoms with Crippen molar-refractivity contribution in [1.29, 1.82) is 0 Å². The van der Waals surface area contributed by atoms with Gasteiger partial charge in [0.15, 0.2) is 11.6 Å². The molecule has 0 saturated carbocycles. The Morgan fingerprint density at radius 1 is 1.27 bits per heavy atom. The van der Waals surface area contributed by atoms with E-state index in [9.17, 15) is 36.3 Å². The van der Waals surface area contributed by atoms with Crippen molar-refractivity contribution in [2.75, 3.05) is 25.1 Å². The highest BCUT2D eigenvalue weighted by Gasteiger charge is 2.52. The number of fused-ring (bicyclic) bond motifs is 1. The predicted molar refractivity (Wildman–Crippen MR) is 95.0 cm³/mol. The number of halogens is 5. The van der Waals surface area contributed by atoms with Crippen LogP contribution >= 0.6 is 0 Å². The third-order valence-corrected chi connectivity index (χ3v) is 4.56. The molecular weight excluding hydrogens is 417 g/mol. The molecule has 1 heterocycles. The molecule has 2 rings (SSSR count). The van der Waals surface area contributed by atoms with Crippen LogP contribution in [-0.2, 0) is 14.4 Å². The average Bonchev–Trinajstić information content (AvgIpc) is 2.77. The number of nitrogens with zero attached hydrogens (tertiary/aromatic N) is 1. The Morgan fingerprint density at radius 2 is 1.90 bits per heavy atom. The van der Waals surface area contributed by atoms with Gasteiger partial charge in [0.05, 0.1) is 12.2 Å². The summed E-state index contributed by atoms with van der Waals surface area (Å²) in [6, 6.07) is 2.62. The van der Waals surface area contributed by atoms with Gasteiger partial charge in [-0.2, -0.15) is 8.78 Å². The van der Waals surface area contributed by atoms with E-state index in [0.29, 0.717) is 0 Å². The smallest absolute Gasteiger partial charge is 0.326 e. The number of hydrogen-bond donors (Lipinski definition) is 2. The van der Waals surface area contributed by atoms with Crippen molar-refractivity contribution in [1.82, 2.24) is 10.6 Å². The monoisotopic (exact) mass is 437 g/mol. The quantitative estimate of drug-likeness (QED) is 0.524. The molecule has 0 radical (unpaired) electrons. The summed E-state index contributed by atoms with van der Waals surface area (Å²) in [6.07, 6.45) is 0. The van der Waals surface area contributed by atoms with Gasteiger partial charge in [0.25, 0.3) is 5.91 Å². The van der Waals surface area contributed by atoms with Gasteiger partial charge in [0.1, 0.15) is 18.6 Å². The summed E-state index contributed by atoms with van der Waals surface area (Å²) in [7, 11) is 1.33. The first-order valence-electron chi connectivity index (χ1n) is 8.79. The first-order chi connectivity index (χ1) is 13.8. The normalized spacial score (nSPS) is 18.1. The predicted octanol–water partition coefficient (Wildman–Crippen LogP) is 1.71. The first-order valence-corrected chi connectivity index (χ1v) is 8.79. The zero-order valence-corrected chi connectivity index (χ0v) is 16.3. The number of nitrogens with one attached hydrogen (secondary N) is 2. The van der Waals surface area contributed by atoms with E-state index >= 15 is 0 Å². The second-order valence-corrected chi connectivity index (χ2v) is 6.89. The topological polar surface area (TPSA) is 87.7 Å². The van der Waals surface area contributed by atoms with Crippen LogP contribution in [0.25, 0.3) is 0 Å². The van der Waals surface area contributed by atoms with Crippen molar-refractivity contribution in [2.45, 2.75) is 31.7 Å². The minimum absolute atomic E-state index is 0.00427. The molecule has 2 N–H and O–H groups in total. The van der Waals surface area contributed by atoms with Gasteiger partial charge in [-0.05, 0) is 19.1 Å². The van der Waals surface area contributed by atoms with Crippen LogP contribution in [0.5, 0.6) is 5.75 Å². The summed E-state index contributed by atoms with van der Waals surface area (Å²) < 4.78 is 71.4. The number of benzene rings is 1. The number of carbonyl (C=O) groups excluding carboxylic acids is 3. The molecule has 7 nitrogen and oxygen atoms in total. The molecule has 1 aromatic carbocycles. The Hall–Kier alpha value is -2.92. The van der Waals surface area contributed by atoms with E-state index < -0.39 is 60.5 Å². The van der Waals surface area contributed by atoms with Crippen molar-refractivity contribution < 1.29 is 41.1 Å². The largest absolute Gasteiger partial charge is 0.486 e. The minimum Gasteiger partial charge on any atom is -0.486 e. The summed E-state index contributed by atoms with van der Waals surface area (Å²) >= 11 is 0. The third kappa shape index (κ3) is 4.79. The Kier molecular flexibility index (Phi) is 6.57. The lowest BCUT2D eigenvalue weighted by Crippen LogP contribution is -2.53. The molecule has 0 aromatic heterocycles. The van der Waals surface area contributed by atoms with Crippen molar-refractivity contribution in [3.05, 3.63) is 24.0 Å². The van der Waals surface area contributed by atoms with Gasteiger partial charge in [-0.3, -0.25) is 14.4 Å². The van der Waals surface area contributed by atoms with Crippen LogP contribution < -0.4 is 20.3 Å². The van der Waals surface area contributed by atoms with E-state index in [1.54, 1.807) is 5.32 Å². The molecule has 30 heavy (non-hydrogen) atoms. The van der Waals surface area contributed by atoms with Crippen LogP contribution in [0.3, 0.4) is 0 Å². The summed E-state index contributed by atoms with van der Waals surface area (Å²) in [4.78, 5) is 37.8. The SMILES string of the molecule is CC(C(=O)NCC(F)(F)C(C)(F)F)C(=O)N[C@H]1COc2c(F)cccc2N(C)C1=O. The van der Waals surface area contributed by atoms with Gasteiger partial charge in [-0.15, -0.1) is 0 Å². The fourth-order valence-corrected chi connectivity index (χ4v) is 2.52.